The Balaban J connectivity index is 2.94. The highest BCUT2D eigenvalue weighted by Crippen LogP contribution is 2.28. The summed E-state index contributed by atoms with van der Waals surface area (Å²) in [5, 5.41) is 39.6. The number of anilines is 1. The standard InChI is InChI=1S/C14H16N3O9/c15-10(18)6-5-8(12(19)20)16-14(23)26-11(13(21)22)7-3-1-2-4-9(7)17(24)25/h1-4,8,11,24H,5-6H2,(H2,15,18)(H,16,23)(H,19,20)(H,21,22)/q-1/t8-,11?/m1/s1. The lowest BCUT2D eigenvalue weighted by molar-refractivity contribution is -0.147. The number of aliphatic carboxylic acids is 2. The molecule has 12 heteroatoms. The Kier molecular flexibility index (Phi) is 7.31. The van der Waals surface area contributed by atoms with E-state index in [0.717, 1.165) is 12.1 Å². The minimum Gasteiger partial charge on any atom is -0.733 e. The van der Waals surface area contributed by atoms with Gasteiger partial charge in [0.05, 0.1) is 5.69 Å². The van der Waals surface area contributed by atoms with Crippen LogP contribution in [0.1, 0.15) is 24.5 Å². The molecule has 1 unspecified atom stereocenters. The van der Waals surface area contributed by atoms with Crippen LogP contribution in [-0.4, -0.2) is 45.4 Å². The number of carbonyl (C=O) groups excluding carboxylic acids is 2. The second kappa shape index (κ2) is 9.19. The molecule has 1 aromatic carbocycles. The molecule has 1 rings (SSSR count). The van der Waals surface area contributed by atoms with Crippen LogP contribution in [0.4, 0.5) is 10.5 Å². The highest BCUT2D eigenvalue weighted by Gasteiger charge is 2.29. The van der Waals surface area contributed by atoms with Crippen LogP contribution in [0.25, 0.3) is 0 Å². The molecule has 0 spiro atoms. The Morgan fingerprint density at radius 2 is 1.81 bits per heavy atom. The van der Waals surface area contributed by atoms with Gasteiger partial charge in [-0.1, -0.05) is 18.2 Å². The van der Waals surface area contributed by atoms with Crippen LogP contribution < -0.4 is 16.3 Å². The lowest BCUT2D eigenvalue weighted by Crippen LogP contribution is -2.42. The number of amides is 2. The number of carboxylic acid groups (broad SMARTS) is 2. The normalized spacial score (nSPS) is 12.5. The van der Waals surface area contributed by atoms with E-state index in [0.29, 0.717) is 0 Å². The zero-order valence-corrected chi connectivity index (χ0v) is 13.2. The van der Waals surface area contributed by atoms with Gasteiger partial charge in [0, 0.05) is 12.0 Å². The van der Waals surface area contributed by atoms with Crippen molar-refractivity contribution in [2.75, 3.05) is 5.23 Å². The second-order valence-electron chi connectivity index (χ2n) is 5.00. The molecule has 6 N–H and O–H groups in total. The molecule has 0 fully saturated rings. The maximum Gasteiger partial charge on any atom is 0.409 e. The van der Waals surface area contributed by atoms with Gasteiger partial charge < -0.3 is 36.4 Å². The van der Waals surface area contributed by atoms with Crippen LogP contribution in [0, 0.1) is 5.21 Å². The van der Waals surface area contributed by atoms with Gasteiger partial charge in [-0.25, -0.2) is 14.4 Å². The van der Waals surface area contributed by atoms with Crippen LogP contribution in [0.3, 0.4) is 0 Å². The average molecular weight is 370 g/mol. The number of alkyl carbamates (subject to hydrolysis) is 1. The van der Waals surface area contributed by atoms with Crippen molar-refractivity contribution in [3.05, 3.63) is 35.0 Å². The van der Waals surface area contributed by atoms with Gasteiger partial charge in [-0.05, 0) is 12.5 Å². The molecule has 2 atom stereocenters. The third-order valence-electron chi connectivity index (χ3n) is 3.14. The number of carbonyl (C=O) groups is 4. The van der Waals surface area contributed by atoms with Gasteiger partial charge in [-0.3, -0.25) is 10.0 Å². The van der Waals surface area contributed by atoms with Crippen LogP contribution in [0.15, 0.2) is 24.3 Å². The van der Waals surface area contributed by atoms with Crippen molar-refractivity contribution < 1.29 is 39.3 Å². The number of nitrogens with two attached hydrogens (primary N) is 1. The molecule has 2 amide bonds. The predicted molar refractivity (Wildman–Crippen MR) is 83.9 cm³/mol. The molecule has 0 aliphatic rings. The van der Waals surface area contributed by atoms with Crippen LogP contribution in [0.2, 0.25) is 0 Å². The topological polar surface area (TPSA) is 203 Å². The van der Waals surface area contributed by atoms with Crippen molar-refractivity contribution >= 4 is 29.6 Å². The monoisotopic (exact) mass is 370 g/mol. The summed E-state index contributed by atoms with van der Waals surface area (Å²) in [6.45, 7) is 0. The quantitative estimate of drug-likeness (QED) is 0.367. The van der Waals surface area contributed by atoms with Crippen LogP contribution in [-0.2, 0) is 19.1 Å². The van der Waals surface area contributed by atoms with Gasteiger partial charge in [-0.2, -0.15) is 0 Å². The summed E-state index contributed by atoms with van der Waals surface area (Å²) in [6, 6.07) is 3.35. The highest BCUT2D eigenvalue weighted by molar-refractivity contribution is 5.84. The molecule has 0 radical (unpaired) electrons. The lowest BCUT2D eigenvalue weighted by atomic mass is 10.1. The molecule has 26 heavy (non-hydrogen) atoms. The molecule has 0 bridgehead atoms. The Hall–Kier alpha value is -3.38. The number of ether oxygens (including phenoxy) is 1. The Morgan fingerprint density at radius 3 is 2.31 bits per heavy atom. The summed E-state index contributed by atoms with van der Waals surface area (Å²) < 4.78 is 4.67. The molecule has 0 aliphatic carbocycles. The van der Waals surface area contributed by atoms with E-state index in [2.05, 4.69) is 4.74 Å². The first-order valence-electron chi connectivity index (χ1n) is 7.09. The SMILES string of the molecule is NC(=O)CC[C@@H](NC(=O)OC(C(=O)O)c1ccccc1N([O-])O)C(=O)O. The lowest BCUT2D eigenvalue weighted by Gasteiger charge is -2.26. The molecular weight excluding hydrogens is 354 g/mol. The summed E-state index contributed by atoms with van der Waals surface area (Å²) >= 11 is 0. The minimum atomic E-state index is -2.00. The van der Waals surface area contributed by atoms with Crippen molar-refractivity contribution in [1.29, 1.82) is 0 Å². The zero-order valence-electron chi connectivity index (χ0n) is 13.2. The molecular formula is C14H16N3O9-. The number of carboxylic acids is 2. The van der Waals surface area contributed by atoms with Gasteiger partial charge >= 0.3 is 18.0 Å². The van der Waals surface area contributed by atoms with E-state index in [4.69, 9.17) is 16.0 Å². The Morgan fingerprint density at radius 1 is 1.19 bits per heavy atom. The number of hydrogen-bond donors (Lipinski definition) is 5. The first-order valence-corrected chi connectivity index (χ1v) is 7.09. The Bertz CT molecular complexity index is 692. The first kappa shape index (κ1) is 20.7. The number of benzene rings is 1. The molecule has 1 aromatic rings. The minimum absolute atomic E-state index is 0.334. The molecule has 0 saturated heterocycles. The summed E-state index contributed by atoms with van der Waals surface area (Å²) in [6.07, 6.45) is -4.09. The largest absolute Gasteiger partial charge is 0.733 e. The van der Waals surface area contributed by atoms with Crippen LogP contribution >= 0.6 is 0 Å². The van der Waals surface area contributed by atoms with E-state index in [1.54, 1.807) is 0 Å². The number of nitrogens with zero attached hydrogens (tertiary/aromatic N) is 1. The van der Waals surface area contributed by atoms with E-state index in [1.165, 1.54) is 12.1 Å². The van der Waals surface area contributed by atoms with Gasteiger partial charge in [-0.15, -0.1) is 0 Å². The van der Waals surface area contributed by atoms with Crippen molar-refractivity contribution in [3.8, 4) is 0 Å². The van der Waals surface area contributed by atoms with Crippen molar-refractivity contribution in [3.63, 3.8) is 0 Å². The molecule has 142 valence electrons. The first-order chi connectivity index (χ1) is 12.1. The summed E-state index contributed by atoms with van der Waals surface area (Å²) in [5.41, 5.74) is 4.09. The number of nitrogens with one attached hydrogen (secondary N) is 1. The molecule has 12 nitrogen and oxygen atoms in total. The molecule has 0 saturated carbocycles. The number of para-hydroxylation sites is 1. The maximum absolute atomic E-state index is 11.8. The molecule has 0 aliphatic heterocycles. The van der Waals surface area contributed by atoms with E-state index >= 15 is 0 Å². The van der Waals surface area contributed by atoms with Gasteiger partial charge in [0.2, 0.25) is 12.0 Å². The van der Waals surface area contributed by atoms with E-state index in [1.807, 2.05) is 5.32 Å². The van der Waals surface area contributed by atoms with E-state index < -0.39 is 47.0 Å². The zero-order chi connectivity index (χ0) is 19.9. The highest BCUT2D eigenvalue weighted by atomic mass is 16.8. The van der Waals surface area contributed by atoms with Crippen molar-refractivity contribution in [2.45, 2.75) is 25.0 Å². The number of primary amides is 1. The summed E-state index contributed by atoms with van der Waals surface area (Å²) in [7, 11) is 0. The van der Waals surface area contributed by atoms with Crippen molar-refractivity contribution in [1.82, 2.24) is 5.32 Å². The fourth-order valence-electron chi connectivity index (χ4n) is 1.96. The smallest absolute Gasteiger partial charge is 0.409 e. The molecule has 0 aromatic heterocycles. The van der Waals surface area contributed by atoms with Crippen molar-refractivity contribution in [2.24, 2.45) is 5.73 Å². The predicted octanol–water partition coefficient (Wildman–Crippen LogP) is -0.0494. The third kappa shape index (κ3) is 5.92. The van der Waals surface area contributed by atoms with Gasteiger partial charge in [0.1, 0.15) is 6.04 Å². The van der Waals surface area contributed by atoms with E-state index in [-0.39, 0.29) is 18.4 Å². The summed E-state index contributed by atoms with van der Waals surface area (Å²) in [4.78, 5) is 45.0. The van der Waals surface area contributed by atoms with E-state index in [9.17, 15) is 29.5 Å². The molecule has 0 heterocycles. The third-order valence-corrected chi connectivity index (χ3v) is 3.14. The number of hydrogen-bond acceptors (Lipinski definition) is 8. The van der Waals surface area contributed by atoms with Gasteiger partial charge in [0.25, 0.3) is 0 Å². The fourth-order valence-corrected chi connectivity index (χ4v) is 1.96. The fraction of sp³-hybridized carbons (Fsp3) is 0.286. The average Bonchev–Trinajstić information content (AvgIpc) is 2.55. The summed E-state index contributed by atoms with van der Waals surface area (Å²) in [5.74, 6) is -3.95. The van der Waals surface area contributed by atoms with Crippen LogP contribution in [0.5, 0.6) is 0 Å². The number of rotatable bonds is 9. The maximum atomic E-state index is 11.8. The Labute approximate surface area is 146 Å². The second-order valence-corrected chi connectivity index (χ2v) is 5.00. The van der Waals surface area contributed by atoms with Gasteiger partial charge in [0.15, 0.2) is 0 Å².